The minimum Gasteiger partial charge on any atom is -0.370 e. The molecule has 8 heteroatoms. The summed E-state index contributed by atoms with van der Waals surface area (Å²) in [6.07, 6.45) is 0. The predicted octanol–water partition coefficient (Wildman–Crippen LogP) is 0.211. The van der Waals surface area contributed by atoms with Crippen LogP contribution in [0.1, 0.15) is 4.88 Å². The van der Waals surface area contributed by atoms with E-state index in [-0.39, 0.29) is 6.54 Å². The van der Waals surface area contributed by atoms with Crippen LogP contribution in [-0.4, -0.2) is 46.5 Å². The lowest BCUT2D eigenvalue weighted by Crippen LogP contribution is -2.32. The van der Waals surface area contributed by atoms with Crippen LogP contribution in [0.25, 0.3) is 0 Å². The maximum atomic E-state index is 11.8. The second-order valence-electron chi connectivity index (χ2n) is 3.90. The molecule has 0 amide bonds. The number of rotatable bonds is 5. The Bertz CT molecular complexity index is 520. The minimum atomic E-state index is -3.41. The van der Waals surface area contributed by atoms with Gasteiger partial charge in [-0.1, -0.05) is 0 Å². The average molecular weight is 290 g/mol. The molecule has 1 heterocycles. The van der Waals surface area contributed by atoms with Crippen molar-refractivity contribution in [2.75, 3.05) is 27.2 Å². The van der Waals surface area contributed by atoms with E-state index in [9.17, 15) is 8.42 Å². The number of hydrogen-bond acceptors (Lipinski definition) is 4. The van der Waals surface area contributed by atoms with E-state index in [4.69, 9.17) is 5.73 Å². The van der Waals surface area contributed by atoms with E-state index in [1.807, 2.05) is 6.92 Å². The lowest BCUT2D eigenvalue weighted by atomic mass is 10.5. The fraction of sp³-hybridized carbons (Fsp3) is 0.500. The quantitative estimate of drug-likeness (QED) is 0.461. The van der Waals surface area contributed by atoms with E-state index in [0.717, 1.165) is 4.88 Å². The largest absolute Gasteiger partial charge is 0.370 e. The summed E-state index contributed by atoms with van der Waals surface area (Å²) in [7, 11) is 0.138. The van der Waals surface area contributed by atoms with Crippen LogP contribution in [0, 0.1) is 6.92 Å². The van der Waals surface area contributed by atoms with Crippen molar-refractivity contribution < 1.29 is 8.42 Å². The highest BCUT2D eigenvalue weighted by molar-refractivity contribution is 7.91. The number of guanidine groups is 1. The fourth-order valence-corrected chi connectivity index (χ4v) is 3.47. The highest BCUT2D eigenvalue weighted by Gasteiger charge is 2.14. The molecule has 0 saturated heterocycles. The molecule has 1 aromatic rings. The average Bonchev–Trinajstić information content (AvgIpc) is 2.71. The molecule has 0 saturated carbocycles. The first-order valence-electron chi connectivity index (χ1n) is 5.36. The fourth-order valence-electron chi connectivity index (χ4n) is 1.12. The van der Waals surface area contributed by atoms with Gasteiger partial charge in [-0.2, -0.15) is 0 Å². The summed E-state index contributed by atoms with van der Waals surface area (Å²) < 4.78 is 26.5. The van der Waals surface area contributed by atoms with Gasteiger partial charge in [-0.15, -0.1) is 11.3 Å². The lowest BCUT2D eigenvalue weighted by molar-refractivity contribution is 0.582. The highest BCUT2D eigenvalue weighted by atomic mass is 32.2. The number of aliphatic imine (C=N–C) groups is 1. The van der Waals surface area contributed by atoms with Gasteiger partial charge in [0.2, 0.25) is 10.0 Å². The van der Waals surface area contributed by atoms with Gasteiger partial charge in [0.1, 0.15) is 4.21 Å². The van der Waals surface area contributed by atoms with Gasteiger partial charge in [-0.05, 0) is 19.1 Å². The summed E-state index contributed by atoms with van der Waals surface area (Å²) in [6.45, 7) is 2.41. The molecule has 0 aromatic carbocycles. The first kappa shape index (κ1) is 14.9. The van der Waals surface area contributed by atoms with Crippen molar-refractivity contribution in [1.82, 2.24) is 9.62 Å². The second kappa shape index (κ2) is 6.17. The predicted molar refractivity (Wildman–Crippen MR) is 74.4 cm³/mol. The molecule has 102 valence electrons. The molecule has 0 spiro atoms. The van der Waals surface area contributed by atoms with Gasteiger partial charge in [-0.25, -0.2) is 13.1 Å². The van der Waals surface area contributed by atoms with E-state index >= 15 is 0 Å². The zero-order valence-corrected chi connectivity index (χ0v) is 12.3. The summed E-state index contributed by atoms with van der Waals surface area (Å²) in [6, 6.07) is 3.38. The van der Waals surface area contributed by atoms with Crippen LogP contribution in [0.5, 0.6) is 0 Å². The molecule has 1 rings (SSSR count). The normalized spacial score (nSPS) is 12.7. The Labute approximate surface area is 112 Å². The molecule has 18 heavy (non-hydrogen) atoms. The van der Waals surface area contributed by atoms with Gasteiger partial charge in [0.05, 0.1) is 6.54 Å². The first-order chi connectivity index (χ1) is 8.33. The van der Waals surface area contributed by atoms with Crippen molar-refractivity contribution in [1.29, 1.82) is 0 Å². The SMILES string of the molecule is Cc1ccc(S(=O)(=O)NCCN=C(N)N(C)C)s1. The summed E-state index contributed by atoms with van der Waals surface area (Å²) in [4.78, 5) is 6.65. The first-order valence-corrected chi connectivity index (χ1v) is 7.66. The van der Waals surface area contributed by atoms with Gasteiger partial charge < -0.3 is 10.6 Å². The van der Waals surface area contributed by atoms with Crippen LogP contribution in [0.2, 0.25) is 0 Å². The van der Waals surface area contributed by atoms with Crippen molar-refractivity contribution in [3.8, 4) is 0 Å². The Morgan fingerprint density at radius 3 is 2.67 bits per heavy atom. The number of nitrogens with two attached hydrogens (primary N) is 1. The van der Waals surface area contributed by atoms with E-state index in [1.54, 1.807) is 31.1 Å². The van der Waals surface area contributed by atoms with Crippen LogP contribution in [0.4, 0.5) is 0 Å². The molecular formula is C10H18N4O2S2. The molecule has 0 fully saturated rings. The third kappa shape index (κ3) is 4.28. The lowest BCUT2D eigenvalue weighted by Gasteiger charge is -2.10. The number of hydrogen-bond donors (Lipinski definition) is 2. The molecule has 0 radical (unpaired) electrons. The molecule has 0 aliphatic carbocycles. The molecular weight excluding hydrogens is 272 g/mol. The number of nitrogens with one attached hydrogen (secondary N) is 1. The van der Waals surface area contributed by atoms with Crippen LogP contribution in [0.3, 0.4) is 0 Å². The second-order valence-corrected chi connectivity index (χ2v) is 7.18. The van der Waals surface area contributed by atoms with E-state index in [0.29, 0.717) is 16.7 Å². The molecule has 1 aromatic heterocycles. The third-order valence-corrected chi connectivity index (χ3v) is 5.07. The Morgan fingerprint density at radius 2 is 2.17 bits per heavy atom. The standard InChI is InChI=1S/C10H18N4O2S2/c1-8-4-5-9(17-8)18(15,16)13-7-6-12-10(11)14(2)3/h4-5,13H,6-7H2,1-3H3,(H2,11,12). The number of aryl methyl sites for hydroxylation is 1. The number of nitrogens with zero attached hydrogens (tertiary/aromatic N) is 2. The van der Waals surface area contributed by atoms with E-state index in [1.165, 1.54) is 11.3 Å². The summed E-state index contributed by atoms with van der Waals surface area (Å²) in [5, 5.41) is 0. The summed E-state index contributed by atoms with van der Waals surface area (Å²) >= 11 is 1.24. The highest BCUT2D eigenvalue weighted by Crippen LogP contribution is 2.19. The van der Waals surface area contributed by atoms with Crippen molar-refractivity contribution >= 4 is 27.3 Å². The zero-order chi connectivity index (χ0) is 13.8. The Kier molecular flexibility index (Phi) is 5.12. The molecule has 0 aliphatic rings. The van der Waals surface area contributed by atoms with Crippen LogP contribution in [0.15, 0.2) is 21.3 Å². The third-order valence-electron chi connectivity index (χ3n) is 2.12. The number of thiophene rings is 1. The summed E-state index contributed by atoms with van der Waals surface area (Å²) in [5.41, 5.74) is 5.58. The molecule has 0 unspecified atom stereocenters. The van der Waals surface area contributed by atoms with Gasteiger partial charge in [-0.3, -0.25) is 4.99 Å². The van der Waals surface area contributed by atoms with Crippen molar-refractivity contribution in [3.05, 3.63) is 17.0 Å². The minimum absolute atomic E-state index is 0.230. The van der Waals surface area contributed by atoms with Crippen molar-refractivity contribution in [3.63, 3.8) is 0 Å². The monoisotopic (exact) mass is 290 g/mol. The van der Waals surface area contributed by atoms with Gasteiger partial charge in [0.25, 0.3) is 0 Å². The smallest absolute Gasteiger partial charge is 0.250 e. The van der Waals surface area contributed by atoms with Crippen molar-refractivity contribution in [2.24, 2.45) is 10.7 Å². The Balaban J connectivity index is 2.51. The zero-order valence-electron chi connectivity index (χ0n) is 10.7. The van der Waals surface area contributed by atoms with Crippen LogP contribution in [-0.2, 0) is 10.0 Å². The summed E-state index contributed by atoms with van der Waals surface area (Å²) in [5.74, 6) is 0.376. The van der Waals surface area contributed by atoms with Gasteiger partial charge >= 0.3 is 0 Å². The van der Waals surface area contributed by atoms with Gasteiger partial charge in [0, 0.05) is 25.5 Å². The Morgan fingerprint density at radius 1 is 1.50 bits per heavy atom. The van der Waals surface area contributed by atoms with Crippen LogP contribution >= 0.6 is 11.3 Å². The van der Waals surface area contributed by atoms with Crippen LogP contribution < -0.4 is 10.5 Å². The van der Waals surface area contributed by atoms with E-state index in [2.05, 4.69) is 9.71 Å². The van der Waals surface area contributed by atoms with Gasteiger partial charge in [0.15, 0.2) is 5.96 Å². The molecule has 0 aliphatic heterocycles. The maximum absolute atomic E-state index is 11.8. The maximum Gasteiger partial charge on any atom is 0.250 e. The van der Waals surface area contributed by atoms with Crippen molar-refractivity contribution in [2.45, 2.75) is 11.1 Å². The Hall–Kier alpha value is -1.12. The molecule has 6 nitrogen and oxygen atoms in total. The molecule has 0 bridgehead atoms. The van der Waals surface area contributed by atoms with E-state index < -0.39 is 10.0 Å². The topological polar surface area (TPSA) is 87.8 Å². The molecule has 3 N–H and O–H groups in total. The number of sulfonamides is 1. The molecule has 0 atom stereocenters.